The smallest absolute Gasteiger partial charge is 0.311 e. The summed E-state index contributed by atoms with van der Waals surface area (Å²) in [4.78, 5) is 23.6. The van der Waals surface area contributed by atoms with Gasteiger partial charge in [0.2, 0.25) is 12.1 Å². The van der Waals surface area contributed by atoms with Crippen LogP contribution in [0, 0.1) is 17.8 Å². The predicted molar refractivity (Wildman–Crippen MR) is 70.2 cm³/mol. The highest BCUT2D eigenvalue weighted by Crippen LogP contribution is 2.55. The van der Waals surface area contributed by atoms with E-state index in [-0.39, 0.29) is 23.7 Å². The molecule has 0 N–H and O–H groups in total. The number of hydrogen-bond donors (Lipinski definition) is 0. The second kappa shape index (κ2) is 4.68. The molecule has 5 nitrogen and oxygen atoms in total. The summed E-state index contributed by atoms with van der Waals surface area (Å²) in [5.74, 6) is -0.863. The van der Waals surface area contributed by atoms with Crippen LogP contribution in [0.1, 0.15) is 53.4 Å². The minimum absolute atomic E-state index is 0.0568. The van der Waals surface area contributed by atoms with Gasteiger partial charge in [0.1, 0.15) is 0 Å². The number of rotatable bonds is 2. The van der Waals surface area contributed by atoms with Crippen molar-refractivity contribution in [1.29, 1.82) is 0 Å². The van der Waals surface area contributed by atoms with Crippen molar-refractivity contribution < 1.29 is 24.0 Å². The molecule has 0 radical (unpaired) electrons. The van der Waals surface area contributed by atoms with Gasteiger partial charge in [0.05, 0.1) is 5.92 Å². The van der Waals surface area contributed by atoms with E-state index in [0.717, 1.165) is 25.7 Å². The van der Waals surface area contributed by atoms with Gasteiger partial charge in [-0.25, -0.2) is 9.78 Å². The molecular weight excluding hydrogens is 260 g/mol. The molecule has 2 bridgehead atoms. The molecular formula is C15H24O5. The molecule has 4 saturated heterocycles. The molecule has 6 atom stereocenters. The molecule has 5 heteroatoms. The summed E-state index contributed by atoms with van der Waals surface area (Å²) in [6.07, 6.45) is 2.87. The Balaban J connectivity index is 2.07. The highest BCUT2D eigenvalue weighted by Gasteiger charge is 2.67. The van der Waals surface area contributed by atoms with E-state index in [1.165, 1.54) is 0 Å². The fourth-order valence-corrected chi connectivity index (χ4v) is 4.18. The van der Waals surface area contributed by atoms with Crippen molar-refractivity contribution in [3.8, 4) is 0 Å². The molecule has 0 amide bonds. The van der Waals surface area contributed by atoms with Crippen molar-refractivity contribution in [3.05, 3.63) is 0 Å². The summed E-state index contributed by atoms with van der Waals surface area (Å²) >= 11 is 0. The summed E-state index contributed by atoms with van der Waals surface area (Å²) in [7, 11) is 0. The summed E-state index contributed by atoms with van der Waals surface area (Å²) in [6.45, 7) is 7.99. The van der Waals surface area contributed by atoms with Crippen molar-refractivity contribution >= 4 is 5.97 Å². The lowest BCUT2D eigenvalue weighted by molar-refractivity contribution is -0.556. The largest absolute Gasteiger partial charge is 0.432 e. The van der Waals surface area contributed by atoms with Crippen LogP contribution in [0.3, 0.4) is 0 Å². The lowest BCUT2D eigenvalue weighted by Crippen LogP contribution is -2.67. The molecule has 4 heterocycles. The SMILES string of the molecule is CCC1CC[C@@]2(C)OO[C@@]13C(CC)[C@@H](C)C(=O)O[C@@H]3O2. The van der Waals surface area contributed by atoms with Gasteiger partial charge in [-0.3, -0.25) is 4.79 Å². The Labute approximate surface area is 119 Å². The van der Waals surface area contributed by atoms with Gasteiger partial charge >= 0.3 is 5.97 Å². The molecule has 0 aromatic rings. The maximum atomic E-state index is 12.1. The fraction of sp³-hybridized carbons (Fsp3) is 0.933. The van der Waals surface area contributed by atoms with Gasteiger partial charge in [0, 0.05) is 12.3 Å². The third kappa shape index (κ3) is 1.76. The fourth-order valence-electron chi connectivity index (χ4n) is 4.18. The Hall–Kier alpha value is -0.650. The zero-order valence-electron chi connectivity index (χ0n) is 12.7. The molecule has 2 unspecified atom stereocenters. The first-order valence-electron chi connectivity index (χ1n) is 7.72. The second-order valence-corrected chi connectivity index (χ2v) is 6.49. The Kier molecular flexibility index (Phi) is 3.35. The molecule has 20 heavy (non-hydrogen) atoms. The van der Waals surface area contributed by atoms with Crippen LogP contribution >= 0.6 is 0 Å². The van der Waals surface area contributed by atoms with Crippen LogP contribution < -0.4 is 0 Å². The summed E-state index contributed by atoms with van der Waals surface area (Å²) in [6, 6.07) is 0. The minimum Gasteiger partial charge on any atom is -0.432 e. The van der Waals surface area contributed by atoms with Gasteiger partial charge in [-0.15, -0.1) is 0 Å². The minimum atomic E-state index is -0.808. The van der Waals surface area contributed by atoms with Gasteiger partial charge in [-0.1, -0.05) is 27.2 Å². The van der Waals surface area contributed by atoms with Crippen molar-refractivity contribution in [1.82, 2.24) is 0 Å². The summed E-state index contributed by atoms with van der Waals surface area (Å²) in [5.41, 5.74) is -0.660. The van der Waals surface area contributed by atoms with Crippen molar-refractivity contribution in [2.75, 3.05) is 0 Å². The molecule has 4 aliphatic heterocycles. The maximum Gasteiger partial charge on any atom is 0.311 e. The number of carbonyl (C=O) groups excluding carboxylic acids is 1. The van der Waals surface area contributed by atoms with E-state index in [9.17, 15) is 4.79 Å². The van der Waals surface area contributed by atoms with Crippen LogP contribution in [0.5, 0.6) is 0 Å². The number of esters is 1. The number of ether oxygens (including phenoxy) is 2. The topological polar surface area (TPSA) is 54.0 Å². The third-order valence-corrected chi connectivity index (χ3v) is 5.38. The van der Waals surface area contributed by atoms with E-state index in [2.05, 4.69) is 13.8 Å². The first-order valence-corrected chi connectivity index (χ1v) is 7.72. The first kappa shape index (κ1) is 14.3. The molecule has 0 aromatic carbocycles. The van der Waals surface area contributed by atoms with Crippen LogP contribution in [0.25, 0.3) is 0 Å². The zero-order chi connectivity index (χ0) is 14.5. The Morgan fingerprint density at radius 2 is 2.00 bits per heavy atom. The first-order chi connectivity index (χ1) is 9.47. The average Bonchev–Trinajstić information content (AvgIpc) is 2.63. The monoisotopic (exact) mass is 284 g/mol. The number of carbonyl (C=O) groups is 1. The molecule has 0 aromatic heterocycles. The predicted octanol–water partition coefficient (Wildman–Crippen LogP) is 2.79. The molecule has 4 fully saturated rings. The molecule has 0 saturated carbocycles. The zero-order valence-corrected chi connectivity index (χ0v) is 12.7. The van der Waals surface area contributed by atoms with E-state index in [4.69, 9.17) is 19.2 Å². The van der Waals surface area contributed by atoms with Gasteiger partial charge in [-0.2, -0.15) is 0 Å². The van der Waals surface area contributed by atoms with Crippen LogP contribution in [0.2, 0.25) is 0 Å². The average molecular weight is 284 g/mol. The van der Waals surface area contributed by atoms with Crippen LogP contribution in [0.15, 0.2) is 0 Å². The van der Waals surface area contributed by atoms with Gasteiger partial charge in [0.15, 0.2) is 5.60 Å². The lowest BCUT2D eigenvalue weighted by Gasteiger charge is -2.54. The molecule has 1 spiro atoms. The summed E-state index contributed by atoms with van der Waals surface area (Å²) in [5, 5.41) is 0. The highest BCUT2D eigenvalue weighted by molar-refractivity contribution is 5.74. The maximum absolute atomic E-state index is 12.1. The molecule has 4 aliphatic rings. The Bertz CT molecular complexity index is 411. The van der Waals surface area contributed by atoms with Crippen LogP contribution in [-0.4, -0.2) is 23.6 Å². The van der Waals surface area contributed by atoms with E-state index in [0.29, 0.717) is 0 Å². The number of fused-ring (bicyclic) bond motifs is 3. The Morgan fingerprint density at radius 1 is 1.25 bits per heavy atom. The lowest BCUT2D eigenvalue weighted by atomic mass is 9.66. The highest BCUT2D eigenvalue weighted by atomic mass is 17.3. The standard InChI is InChI=1S/C15H24O5/c1-5-10-7-8-14(4)18-13-15(10,20-19-14)11(6-2)9(3)12(16)17-13/h9-11,13H,5-8H2,1-4H3/t9-,10?,11?,13-,14-,15-/m1/s1. The second-order valence-electron chi connectivity index (χ2n) is 6.49. The van der Waals surface area contributed by atoms with E-state index in [1.54, 1.807) is 0 Å². The third-order valence-electron chi connectivity index (χ3n) is 5.38. The van der Waals surface area contributed by atoms with Crippen LogP contribution in [0.4, 0.5) is 0 Å². The van der Waals surface area contributed by atoms with Gasteiger partial charge < -0.3 is 9.47 Å². The Morgan fingerprint density at radius 3 is 2.65 bits per heavy atom. The molecule has 0 aliphatic carbocycles. The van der Waals surface area contributed by atoms with Crippen molar-refractivity contribution in [3.63, 3.8) is 0 Å². The normalized spacial score (nSPS) is 51.3. The van der Waals surface area contributed by atoms with Crippen molar-refractivity contribution in [2.45, 2.75) is 71.1 Å². The van der Waals surface area contributed by atoms with E-state index >= 15 is 0 Å². The summed E-state index contributed by atoms with van der Waals surface area (Å²) < 4.78 is 11.6. The van der Waals surface area contributed by atoms with Gasteiger partial charge in [0.25, 0.3) is 0 Å². The van der Waals surface area contributed by atoms with Crippen LogP contribution in [-0.2, 0) is 24.0 Å². The van der Waals surface area contributed by atoms with E-state index < -0.39 is 17.7 Å². The molecule has 114 valence electrons. The van der Waals surface area contributed by atoms with E-state index in [1.807, 2.05) is 13.8 Å². The quantitative estimate of drug-likeness (QED) is 0.576. The number of hydrogen-bond acceptors (Lipinski definition) is 5. The van der Waals surface area contributed by atoms with Gasteiger partial charge in [-0.05, 0) is 25.7 Å². The van der Waals surface area contributed by atoms with Crippen molar-refractivity contribution in [2.24, 2.45) is 17.8 Å². The molecule has 4 rings (SSSR count).